The Kier molecular flexibility index (Phi) is 2.60. The van der Waals surface area contributed by atoms with E-state index in [1.54, 1.807) is 18.2 Å². The number of furan rings is 1. The predicted molar refractivity (Wildman–Crippen MR) is 64.4 cm³/mol. The van der Waals surface area contributed by atoms with Gasteiger partial charge < -0.3 is 13.9 Å². The van der Waals surface area contributed by atoms with Crippen LogP contribution in [0.4, 0.5) is 0 Å². The van der Waals surface area contributed by atoms with Gasteiger partial charge in [-0.25, -0.2) is 4.79 Å². The minimum Gasteiger partial charge on any atom is -0.478 e. The Morgan fingerprint density at radius 3 is 2.26 bits per heavy atom. The van der Waals surface area contributed by atoms with Crippen molar-refractivity contribution >= 4 is 5.97 Å². The molecule has 0 saturated heterocycles. The summed E-state index contributed by atoms with van der Waals surface area (Å²) < 4.78 is 10.4. The Morgan fingerprint density at radius 2 is 1.68 bits per heavy atom. The Balaban J connectivity index is 1.92. The van der Waals surface area contributed by atoms with Gasteiger partial charge in [0.15, 0.2) is 0 Å². The molecule has 0 atom stereocenters. The van der Waals surface area contributed by atoms with Crippen LogP contribution in [-0.2, 0) is 0 Å². The summed E-state index contributed by atoms with van der Waals surface area (Å²) in [7, 11) is 0. The van der Waals surface area contributed by atoms with Crippen LogP contribution in [0.1, 0.15) is 10.4 Å². The molecule has 0 bridgehead atoms. The van der Waals surface area contributed by atoms with E-state index in [-0.39, 0.29) is 5.56 Å². The van der Waals surface area contributed by atoms with Gasteiger partial charge in [-0.3, -0.25) is 0 Å². The topological polar surface area (TPSA) is 89.4 Å². The van der Waals surface area contributed by atoms with Gasteiger partial charge in [-0.05, 0) is 30.3 Å². The highest BCUT2D eigenvalue weighted by Crippen LogP contribution is 2.24. The fourth-order valence-electron chi connectivity index (χ4n) is 1.60. The van der Waals surface area contributed by atoms with Gasteiger partial charge in [0.1, 0.15) is 6.26 Å². The zero-order valence-electron chi connectivity index (χ0n) is 9.61. The molecule has 0 unspecified atom stereocenters. The highest BCUT2D eigenvalue weighted by atomic mass is 16.4. The fraction of sp³-hybridized carbons (Fsp3) is 0. The van der Waals surface area contributed by atoms with Crippen LogP contribution in [0.25, 0.3) is 22.9 Å². The SMILES string of the molecule is O=C(O)c1ccc(-c2nnc(-c3ccoc3)o2)cc1. The minimum absolute atomic E-state index is 0.207. The van der Waals surface area contributed by atoms with Gasteiger partial charge in [0.2, 0.25) is 5.89 Å². The summed E-state index contributed by atoms with van der Waals surface area (Å²) >= 11 is 0. The molecular weight excluding hydrogens is 248 g/mol. The first-order chi connectivity index (χ1) is 9.24. The van der Waals surface area contributed by atoms with Crippen LogP contribution >= 0.6 is 0 Å². The van der Waals surface area contributed by atoms with E-state index in [0.29, 0.717) is 22.9 Å². The lowest BCUT2D eigenvalue weighted by Crippen LogP contribution is -1.94. The maximum atomic E-state index is 10.7. The van der Waals surface area contributed by atoms with Crippen molar-refractivity contribution in [3.05, 3.63) is 48.4 Å². The number of carboxylic acid groups (broad SMARTS) is 1. The van der Waals surface area contributed by atoms with Crippen molar-refractivity contribution in [2.45, 2.75) is 0 Å². The van der Waals surface area contributed by atoms with Crippen LogP contribution in [0.2, 0.25) is 0 Å². The number of aromatic carboxylic acids is 1. The molecule has 0 amide bonds. The lowest BCUT2D eigenvalue weighted by atomic mass is 10.1. The van der Waals surface area contributed by atoms with Crippen molar-refractivity contribution in [2.24, 2.45) is 0 Å². The maximum absolute atomic E-state index is 10.7. The third kappa shape index (κ3) is 2.11. The maximum Gasteiger partial charge on any atom is 0.335 e. The molecule has 0 aliphatic heterocycles. The molecule has 94 valence electrons. The molecule has 0 radical (unpaired) electrons. The van der Waals surface area contributed by atoms with Gasteiger partial charge in [-0.15, -0.1) is 10.2 Å². The Labute approximate surface area is 107 Å². The number of nitrogens with zero attached hydrogens (tertiary/aromatic N) is 2. The van der Waals surface area contributed by atoms with Gasteiger partial charge in [0.05, 0.1) is 17.4 Å². The summed E-state index contributed by atoms with van der Waals surface area (Å²) in [5.41, 5.74) is 1.56. The van der Waals surface area contributed by atoms with Crippen molar-refractivity contribution in [1.29, 1.82) is 0 Å². The van der Waals surface area contributed by atoms with Crippen LogP contribution in [0, 0.1) is 0 Å². The molecule has 3 aromatic rings. The lowest BCUT2D eigenvalue weighted by molar-refractivity contribution is 0.0697. The van der Waals surface area contributed by atoms with Gasteiger partial charge >= 0.3 is 5.97 Å². The molecule has 1 N–H and O–H groups in total. The van der Waals surface area contributed by atoms with E-state index in [1.807, 2.05) is 0 Å². The van der Waals surface area contributed by atoms with E-state index in [4.69, 9.17) is 13.9 Å². The summed E-state index contributed by atoms with van der Waals surface area (Å²) in [4.78, 5) is 10.7. The van der Waals surface area contributed by atoms with Gasteiger partial charge in [-0.1, -0.05) is 0 Å². The van der Waals surface area contributed by atoms with Crippen molar-refractivity contribution in [1.82, 2.24) is 10.2 Å². The normalized spacial score (nSPS) is 10.5. The van der Waals surface area contributed by atoms with E-state index in [2.05, 4.69) is 10.2 Å². The average Bonchev–Trinajstić information content (AvgIpc) is 3.10. The molecule has 6 heteroatoms. The number of rotatable bonds is 3. The highest BCUT2D eigenvalue weighted by molar-refractivity contribution is 5.88. The van der Waals surface area contributed by atoms with E-state index < -0.39 is 5.97 Å². The summed E-state index contributed by atoms with van der Waals surface area (Å²) in [5.74, 6) is -0.296. The van der Waals surface area contributed by atoms with E-state index in [9.17, 15) is 4.79 Å². The Hall–Kier alpha value is -2.89. The molecule has 0 spiro atoms. The van der Waals surface area contributed by atoms with Crippen molar-refractivity contribution in [2.75, 3.05) is 0 Å². The van der Waals surface area contributed by atoms with Crippen molar-refractivity contribution in [3.63, 3.8) is 0 Å². The molecule has 0 fully saturated rings. The number of carbonyl (C=O) groups is 1. The van der Waals surface area contributed by atoms with Gasteiger partial charge in [-0.2, -0.15) is 0 Å². The first-order valence-corrected chi connectivity index (χ1v) is 5.44. The number of carboxylic acids is 1. The van der Waals surface area contributed by atoms with Crippen LogP contribution in [0.15, 0.2) is 51.7 Å². The summed E-state index contributed by atoms with van der Waals surface area (Å²) in [5, 5.41) is 16.6. The quantitative estimate of drug-likeness (QED) is 0.774. The fourth-order valence-corrected chi connectivity index (χ4v) is 1.60. The molecule has 3 rings (SSSR count). The third-order valence-electron chi connectivity index (χ3n) is 2.57. The molecule has 0 aliphatic rings. The molecule has 0 saturated carbocycles. The monoisotopic (exact) mass is 256 g/mol. The van der Waals surface area contributed by atoms with Crippen molar-refractivity contribution in [3.8, 4) is 22.9 Å². The number of aromatic nitrogens is 2. The molecule has 19 heavy (non-hydrogen) atoms. The Bertz CT molecular complexity index is 699. The summed E-state index contributed by atoms with van der Waals surface area (Å²) in [6.07, 6.45) is 3.02. The van der Waals surface area contributed by atoms with E-state index in [1.165, 1.54) is 24.7 Å². The standard InChI is InChI=1S/C13H8N2O4/c16-13(17)9-3-1-8(2-4-9)11-14-15-12(19-11)10-5-6-18-7-10/h1-7H,(H,16,17). The predicted octanol–water partition coefficient (Wildman–Crippen LogP) is 2.69. The first kappa shape index (κ1) is 11.2. The van der Waals surface area contributed by atoms with E-state index >= 15 is 0 Å². The largest absolute Gasteiger partial charge is 0.478 e. The first-order valence-electron chi connectivity index (χ1n) is 5.44. The number of hydrogen-bond donors (Lipinski definition) is 1. The number of benzene rings is 1. The van der Waals surface area contributed by atoms with Crippen LogP contribution < -0.4 is 0 Å². The van der Waals surface area contributed by atoms with Gasteiger partial charge in [0.25, 0.3) is 5.89 Å². The van der Waals surface area contributed by atoms with Crippen LogP contribution in [-0.4, -0.2) is 21.3 Å². The second kappa shape index (κ2) is 4.41. The second-order valence-corrected chi connectivity index (χ2v) is 3.81. The second-order valence-electron chi connectivity index (χ2n) is 3.81. The number of hydrogen-bond acceptors (Lipinski definition) is 5. The molecule has 0 aliphatic carbocycles. The highest BCUT2D eigenvalue weighted by Gasteiger charge is 2.11. The van der Waals surface area contributed by atoms with Crippen molar-refractivity contribution < 1.29 is 18.7 Å². The molecular formula is C13H8N2O4. The molecule has 6 nitrogen and oxygen atoms in total. The van der Waals surface area contributed by atoms with Gasteiger partial charge in [0, 0.05) is 5.56 Å². The Morgan fingerprint density at radius 1 is 1.00 bits per heavy atom. The molecule has 1 aromatic carbocycles. The smallest absolute Gasteiger partial charge is 0.335 e. The lowest BCUT2D eigenvalue weighted by Gasteiger charge is -1.96. The minimum atomic E-state index is -0.976. The summed E-state index contributed by atoms with van der Waals surface area (Å²) in [6.45, 7) is 0. The molecule has 2 heterocycles. The van der Waals surface area contributed by atoms with Crippen LogP contribution in [0.3, 0.4) is 0 Å². The summed E-state index contributed by atoms with van der Waals surface area (Å²) in [6, 6.07) is 7.93. The zero-order chi connectivity index (χ0) is 13.2. The zero-order valence-corrected chi connectivity index (χ0v) is 9.61. The third-order valence-corrected chi connectivity index (χ3v) is 2.57. The van der Waals surface area contributed by atoms with Crippen LogP contribution in [0.5, 0.6) is 0 Å². The van der Waals surface area contributed by atoms with E-state index in [0.717, 1.165) is 0 Å². The molecule has 2 aromatic heterocycles. The average molecular weight is 256 g/mol.